The van der Waals surface area contributed by atoms with Gasteiger partial charge in [-0.3, -0.25) is 20.2 Å². The van der Waals surface area contributed by atoms with E-state index in [0.717, 1.165) is 87.2 Å². The van der Waals surface area contributed by atoms with Gasteiger partial charge >= 0.3 is 18.0 Å². The molecule has 0 fully saturated rings. The van der Waals surface area contributed by atoms with Crippen LogP contribution >= 0.6 is 0 Å². The maximum atomic E-state index is 11.4. The lowest BCUT2D eigenvalue weighted by Crippen LogP contribution is -2.08. The molecule has 15 nitrogen and oxygen atoms in total. The second-order valence-electron chi connectivity index (χ2n) is 23.4. The fourth-order valence-electron chi connectivity index (χ4n) is 10.6. The summed E-state index contributed by atoms with van der Waals surface area (Å²) in [4.78, 5) is 35.0. The van der Waals surface area contributed by atoms with Crippen molar-refractivity contribution in [3.05, 3.63) is 92.0 Å². The zero-order valence-corrected chi connectivity index (χ0v) is 53.1. The fraction of sp³-hybridized carbons (Fsp3) is 0.700. The van der Waals surface area contributed by atoms with E-state index in [1.165, 1.54) is 260 Å². The van der Waals surface area contributed by atoms with Crippen molar-refractivity contribution in [2.24, 2.45) is 0 Å². The first-order valence-corrected chi connectivity index (χ1v) is 34.0. The molecule has 0 spiro atoms. The molecule has 0 saturated carbocycles. The maximum Gasteiger partial charge on any atom is 0.331 e. The lowest BCUT2D eigenvalue weighted by Gasteiger charge is -2.19. The van der Waals surface area contributed by atoms with Gasteiger partial charge in [-0.25, -0.2) is 0 Å². The van der Waals surface area contributed by atoms with Crippen LogP contribution in [-0.4, -0.2) is 51.2 Å². The van der Waals surface area contributed by atoms with Crippen molar-refractivity contribution in [2.45, 2.75) is 291 Å². The van der Waals surface area contributed by atoms with Crippen molar-refractivity contribution >= 4 is 11.4 Å². The molecule has 1 aromatic heterocycles. The normalized spacial score (nSPS) is 11.3. The number of nitrogens with zero attached hydrogens (tertiary/aromatic N) is 5. The van der Waals surface area contributed by atoms with Crippen LogP contribution in [0.5, 0.6) is 41.0 Å². The summed E-state index contributed by atoms with van der Waals surface area (Å²) in [6.45, 7) is 9.81. The SMILES string of the molecule is CCCCCCCCCCCCCCCCOc1cc(COc2nc(Oc3ccc([N+](=O)[O-])cc3)nc(Oc3ccc([N+](=O)[O-])cc3)n2)cc(OCCCCCCCCCCCCCCCC)c1CCCCCCCCOCCCCCCCC. The molecule has 4 rings (SSSR count). The minimum Gasteiger partial charge on any atom is -0.493 e. The van der Waals surface area contributed by atoms with E-state index in [9.17, 15) is 20.2 Å². The molecule has 0 bridgehead atoms. The molecular weight excluding hydrogens is 1070 g/mol. The van der Waals surface area contributed by atoms with Crippen molar-refractivity contribution in [3.8, 4) is 41.0 Å². The van der Waals surface area contributed by atoms with Crippen LogP contribution in [0.15, 0.2) is 60.7 Å². The van der Waals surface area contributed by atoms with Gasteiger partial charge < -0.3 is 28.4 Å². The Morgan fingerprint density at radius 3 is 0.976 bits per heavy atom. The Hall–Kier alpha value is -5.57. The summed E-state index contributed by atoms with van der Waals surface area (Å²) in [5, 5.41) is 22.7. The summed E-state index contributed by atoms with van der Waals surface area (Å²) in [5.41, 5.74) is 1.71. The third-order valence-corrected chi connectivity index (χ3v) is 15.8. The minimum absolute atomic E-state index is 0.0470. The predicted octanol–water partition coefficient (Wildman–Crippen LogP) is 21.8. The van der Waals surface area contributed by atoms with Crippen LogP contribution in [-0.2, 0) is 17.8 Å². The molecule has 0 radical (unpaired) electrons. The van der Waals surface area contributed by atoms with Gasteiger partial charge in [-0.15, -0.1) is 15.0 Å². The van der Waals surface area contributed by atoms with Crippen LogP contribution in [0.25, 0.3) is 0 Å². The number of rotatable bonds is 57. The highest BCUT2D eigenvalue weighted by Crippen LogP contribution is 2.35. The molecule has 476 valence electrons. The Kier molecular flexibility index (Phi) is 41.1. The standard InChI is InChI=1S/C70H111N5O10/c1-4-7-10-13-16-18-20-22-24-26-28-31-37-42-55-81-66-57-60(59-83-68-71-69(84-63-49-45-61(46-50-63)74(76)77)73-70(72-68)85-64-51-47-62(48-52-64)75(78)79)58-67(82-56-43-38-32-29-27-25-23-21-19-17-14-11-8-5-2)65(66)44-39-34-30-33-36-41-54-80-53-40-35-15-12-9-6-3/h45-52,57-58H,4-44,53-56,59H2,1-3H3. The summed E-state index contributed by atoms with van der Waals surface area (Å²) in [6, 6.07) is 14.7. The van der Waals surface area contributed by atoms with Gasteiger partial charge in [0.05, 0.1) is 23.1 Å². The van der Waals surface area contributed by atoms with Crippen LogP contribution < -0.4 is 23.7 Å². The highest BCUT2D eigenvalue weighted by atomic mass is 16.6. The minimum atomic E-state index is -0.493. The van der Waals surface area contributed by atoms with E-state index in [2.05, 4.69) is 47.9 Å². The van der Waals surface area contributed by atoms with E-state index in [0.29, 0.717) is 13.2 Å². The van der Waals surface area contributed by atoms with Gasteiger partial charge in [0.25, 0.3) is 11.4 Å². The average molecular weight is 1180 g/mol. The number of non-ortho nitro benzene ring substituents is 2. The number of unbranched alkanes of at least 4 members (excludes halogenated alkanes) is 36. The highest BCUT2D eigenvalue weighted by molar-refractivity contribution is 5.48. The van der Waals surface area contributed by atoms with E-state index < -0.39 is 9.85 Å². The lowest BCUT2D eigenvalue weighted by atomic mass is 10.0. The van der Waals surface area contributed by atoms with E-state index in [-0.39, 0.29) is 47.5 Å². The topological polar surface area (TPSA) is 180 Å². The predicted molar refractivity (Wildman–Crippen MR) is 344 cm³/mol. The third kappa shape index (κ3) is 35.0. The van der Waals surface area contributed by atoms with Gasteiger partial charge in [0.1, 0.15) is 29.6 Å². The first-order valence-electron chi connectivity index (χ1n) is 34.0. The molecule has 0 atom stereocenters. The first-order chi connectivity index (χ1) is 41.8. The first kappa shape index (κ1) is 71.9. The largest absolute Gasteiger partial charge is 0.493 e. The van der Waals surface area contributed by atoms with Crippen molar-refractivity contribution in [3.63, 3.8) is 0 Å². The number of ether oxygens (including phenoxy) is 6. The van der Waals surface area contributed by atoms with Crippen molar-refractivity contribution in [1.82, 2.24) is 15.0 Å². The number of hydrogen-bond acceptors (Lipinski definition) is 13. The molecule has 0 aliphatic rings. The number of hydrogen-bond donors (Lipinski definition) is 0. The van der Waals surface area contributed by atoms with Gasteiger partial charge in [-0.05, 0) is 80.5 Å². The Bertz CT molecular complexity index is 2170. The van der Waals surface area contributed by atoms with Gasteiger partial charge in [-0.2, -0.15) is 0 Å². The number of nitro groups is 2. The van der Waals surface area contributed by atoms with Gasteiger partial charge in [0.15, 0.2) is 0 Å². The Morgan fingerprint density at radius 1 is 0.353 bits per heavy atom. The van der Waals surface area contributed by atoms with Crippen LogP contribution in [0.2, 0.25) is 0 Å². The highest BCUT2D eigenvalue weighted by Gasteiger charge is 2.18. The van der Waals surface area contributed by atoms with Crippen molar-refractivity contribution in [2.75, 3.05) is 26.4 Å². The Balaban J connectivity index is 1.46. The fourth-order valence-corrected chi connectivity index (χ4v) is 10.6. The van der Waals surface area contributed by atoms with E-state index in [1.807, 2.05) is 0 Å². The smallest absolute Gasteiger partial charge is 0.331 e. The molecular formula is C70H111N5O10. The Labute approximate surface area is 512 Å². The van der Waals surface area contributed by atoms with Crippen LogP contribution in [0.4, 0.5) is 11.4 Å². The van der Waals surface area contributed by atoms with Crippen molar-refractivity contribution < 1.29 is 38.3 Å². The summed E-state index contributed by atoms with van der Waals surface area (Å²) in [5.74, 6) is 2.11. The zero-order valence-electron chi connectivity index (χ0n) is 53.1. The molecule has 15 heteroatoms. The van der Waals surface area contributed by atoms with Crippen LogP contribution in [0.1, 0.15) is 289 Å². The zero-order chi connectivity index (χ0) is 60.5. The number of nitro benzene ring substituents is 2. The molecule has 0 aliphatic carbocycles. The van der Waals surface area contributed by atoms with E-state index in [1.54, 1.807) is 0 Å². The second kappa shape index (κ2) is 48.5. The second-order valence-corrected chi connectivity index (χ2v) is 23.4. The average Bonchev–Trinajstić information content (AvgIpc) is 3.51. The third-order valence-electron chi connectivity index (χ3n) is 15.8. The summed E-state index contributed by atoms with van der Waals surface area (Å²) in [6.07, 6.45) is 51.5. The van der Waals surface area contributed by atoms with Gasteiger partial charge in [0, 0.05) is 43.0 Å². The molecule has 1 heterocycles. The molecule has 0 unspecified atom stereocenters. The number of benzene rings is 3. The molecule has 0 aliphatic heterocycles. The van der Waals surface area contributed by atoms with Crippen LogP contribution in [0.3, 0.4) is 0 Å². The molecule has 4 aromatic rings. The molecule has 3 aromatic carbocycles. The summed E-state index contributed by atoms with van der Waals surface area (Å²) < 4.78 is 37.8. The molecule has 0 N–H and O–H groups in total. The number of aromatic nitrogens is 3. The van der Waals surface area contributed by atoms with Crippen LogP contribution in [0, 0.1) is 20.2 Å². The lowest BCUT2D eigenvalue weighted by molar-refractivity contribution is -0.385. The maximum absolute atomic E-state index is 11.4. The van der Waals surface area contributed by atoms with E-state index in [4.69, 9.17) is 28.4 Å². The summed E-state index contributed by atoms with van der Waals surface area (Å²) >= 11 is 0. The van der Waals surface area contributed by atoms with Crippen molar-refractivity contribution in [1.29, 1.82) is 0 Å². The monoisotopic (exact) mass is 1180 g/mol. The van der Waals surface area contributed by atoms with Gasteiger partial charge in [-0.1, -0.05) is 245 Å². The molecule has 85 heavy (non-hydrogen) atoms. The molecule has 0 amide bonds. The Morgan fingerprint density at radius 2 is 0.647 bits per heavy atom. The summed E-state index contributed by atoms with van der Waals surface area (Å²) in [7, 11) is 0. The van der Waals surface area contributed by atoms with E-state index >= 15 is 0 Å². The quantitative estimate of drug-likeness (QED) is 0.0232. The molecule has 0 saturated heterocycles. The van der Waals surface area contributed by atoms with Gasteiger partial charge in [0.2, 0.25) is 0 Å².